The summed E-state index contributed by atoms with van der Waals surface area (Å²) in [6.45, 7) is 1.73. The van der Waals surface area contributed by atoms with Crippen LogP contribution in [0.5, 0.6) is 0 Å². The summed E-state index contributed by atoms with van der Waals surface area (Å²) < 4.78 is 94.5. The molecule has 3 aromatic rings. The third-order valence-corrected chi connectivity index (χ3v) is 7.00. The van der Waals surface area contributed by atoms with E-state index in [1.807, 2.05) is 0 Å². The van der Waals surface area contributed by atoms with Gasteiger partial charge < -0.3 is 15.0 Å². The zero-order valence-electron chi connectivity index (χ0n) is 20.7. The number of nitrogens with zero attached hydrogens (tertiary/aromatic N) is 1. The number of halogens is 7. The first kappa shape index (κ1) is 28.4. The molecule has 0 saturated heterocycles. The fraction of sp³-hybridized carbons (Fsp3) is 0.407. The number of carboxylic acids is 1. The molecule has 0 saturated carbocycles. The number of aromatic nitrogens is 1. The van der Waals surface area contributed by atoms with Gasteiger partial charge in [-0.3, -0.25) is 4.79 Å². The molecule has 1 heterocycles. The molecule has 210 valence electrons. The van der Waals surface area contributed by atoms with E-state index < -0.39 is 53.3 Å². The number of rotatable bonds is 7. The van der Waals surface area contributed by atoms with Crippen LogP contribution in [-0.2, 0) is 41.2 Å². The fourth-order valence-corrected chi connectivity index (χ4v) is 5.23. The zero-order valence-corrected chi connectivity index (χ0v) is 20.7. The lowest BCUT2D eigenvalue weighted by molar-refractivity contribution is -0.143. The molecule has 1 aromatic heterocycles. The summed E-state index contributed by atoms with van der Waals surface area (Å²) in [5.74, 6) is -2.09. The van der Waals surface area contributed by atoms with Gasteiger partial charge in [0.05, 0.1) is 11.1 Å². The van der Waals surface area contributed by atoms with E-state index in [1.54, 1.807) is 11.5 Å². The van der Waals surface area contributed by atoms with Gasteiger partial charge in [0.2, 0.25) is 5.91 Å². The maximum Gasteiger partial charge on any atom is 0.416 e. The molecule has 1 aliphatic carbocycles. The third kappa shape index (κ3) is 6.04. The van der Waals surface area contributed by atoms with Crippen molar-refractivity contribution >= 4 is 22.8 Å². The second-order valence-corrected chi connectivity index (χ2v) is 9.64. The van der Waals surface area contributed by atoms with Crippen molar-refractivity contribution in [1.29, 1.82) is 0 Å². The van der Waals surface area contributed by atoms with Gasteiger partial charge in [0.15, 0.2) is 0 Å². The molecular formula is C27H25F7N2O3. The lowest BCUT2D eigenvalue weighted by Gasteiger charge is -2.26. The SMILES string of the molecule is CCC(C(=O)O)n1c2c(c3cc(F)ccc31)CC(NC(=O)CCc1cc(C(F)(F)F)cc(C(F)(F)F)c1)CC2. The number of aryl methyl sites for hydroxylation is 1. The Morgan fingerprint density at radius 3 is 2.26 bits per heavy atom. The topological polar surface area (TPSA) is 71.3 Å². The largest absolute Gasteiger partial charge is 0.480 e. The van der Waals surface area contributed by atoms with Gasteiger partial charge in [-0.25, -0.2) is 9.18 Å². The lowest BCUT2D eigenvalue weighted by atomic mass is 9.91. The summed E-state index contributed by atoms with van der Waals surface area (Å²) in [5.41, 5.74) is -1.15. The second-order valence-electron chi connectivity index (χ2n) is 9.64. The average molecular weight is 558 g/mol. The van der Waals surface area contributed by atoms with Gasteiger partial charge in [0.25, 0.3) is 0 Å². The van der Waals surface area contributed by atoms with Crippen LogP contribution in [-0.4, -0.2) is 27.6 Å². The molecule has 2 N–H and O–H groups in total. The summed E-state index contributed by atoms with van der Waals surface area (Å²) in [4.78, 5) is 24.5. The maximum atomic E-state index is 14.1. The summed E-state index contributed by atoms with van der Waals surface area (Å²) in [5, 5.41) is 13.0. The third-order valence-electron chi connectivity index (χ3n) is 7.00. The van der Waals surface area contributed by atoms with Crippen molar-refractivity contribution in [1.82, 2.24) is 9.88 Å². The second kappa shape index (κ2) is 10.5. The number of aliphatic carboxylic acids is 1. The minimum Gasteiger partial charge on any atom is -0.480 e. The van der Waals surface area contributed by atoms with E-state index in [0.29, 0.717) is 47.9 Å². The number of carbonyl (C=O) groups is 2. The van der Waals surface area contributed by atoms with Crippen LogP contribution < -0.4 is 5.32 Å². The predicted octanol–water partition coefficient (Wildman–Crippen LogP) is 6.46. The molecule has 0 spiro atoms. The highest BCUT2D eigenvalue weighted by Crippen LogP contribution is 2.38. The van der Waals surface area contributed by atoms with Crippen LogP contribution in [0.3, 0.4) is 0 Å². The van der Waals surface area contributed by atoms with Crippen molar-refractivity contribution in [3.8, 4) is 0 Å². The summed E-state index contributed by atoms with van der Waals surface area (Å²) in [6.07, 6.45) is -9.24. The Labute approximate surface area is 218 Å². The van der Waals surface area contributed by atoms with Crippen LogP contribution in [0.4, 0.5) is 30.7 Å². The van der Waals surface area contributed by atoms with E-state index in [1.165, 1.54) is 18.2 Å². The number of carbonyl (C=O) groups excluding carboxylic acids is 1. The molecule has 39 heavy (non-hydrogen) atoms. The molecule has 5 nitrogen and oxygen atoms in total. The summed E-state index contributed by atoms with van der Waals surface area (Å²) in [7, 11) is 0. The molecule has 12 heteroatoms. The number of fused-ring (bicyclic) bond motifs is 3. The smallest absolute Gasteiger partial charge is 0.416 e. The van der Waals surface area contributed by atoms with E-state index in [4.69, 9.17) is 0 Å². The van der Waals surface area contributed by atoms with Gasteiger partial charge in [0, 0.05) is 29.1 Å². The Kier molecular flexibility index (Phi) is 7.68. The normalized spacial score (nSPS) is 16.7. The predicted molar refractivity (Wildman–Crippen MR) is 128 cm³/mol. The Bertz CT molecular complexity index is 1380. The number of alkyl halides is 6. The van der Waals surface area contributed by atoms with Crippen molar-refractivity contribution in [2.24, 2.45) is 0 Å². The molecule has 2 atom stereocenters. The van der Waals surface area contributed by atoms with Gasteiger partial charge >= 0.3 is 18.3 Å². The van der Waals surface area contributed by atoms with Crippen molar-refractivity contribution in [3.05, 3.63) is 70.2 Å². The number of hydrogen-bond acceptors (Lipinski definition) is 2. The Balaban J connectivity index is 1.52. The van der Waals surface area contributed by atoms with Crippen LogP contribution >= 0.6 is 0 Å². The van der Waals surface area contributed by atoms with Crippen LogP contribution in [0.15, 0.2) is 36.4 Å². The van der Waals surface area contributed by atoms with Gasteiger partial charge in [-0.1, -0.05) is 6.92 Å². The minimum atomic E-state index is -4.98. The first-order valence-corrected chi connectivity index (χ1v) is 12.3. The maximum absolute atomic E-state index is 14.1. The molecule has 0 fully saturated rings. The van der Waals surface area contributed by atoms with Crippen LogP contribution in [0, 0.1) is 5.82 Å². The van der Waals surface area contributed by atoms with E-state index in [-0.39, 0.29) is 30.9 Å². The first-order valence-electron chi connectivity index (χ1n) is 12.3. The minimum absolute atomic E-state index is 0.0376. The van der Waals surface area contributed by atoms with Gasteiger partial charge in [0.1, 0.15) is 11.9 Å². The quantitative estimate of drug-likeness (QED) is 0.327. The van der Waals surface area contributed by atoms with Gasteiger partial charge in [-0.05, 0) is 79.6 Å². The van der Waals surface area contributed by atoms with E-state index in [2.05, 4.69) is 5.32 Å². The summed E-state index contributed by atoms with van der Waals surface area (Å²) in [6, 6.07) is 4.04. The monoisotopic (exact) mass is 558 g/mol. The highest BCUT2D eigenvalue weighted by Gasteiger charge is 2.37. The van der Waals surface area contributed by atoms with Crippen LogP contribution in [0.2, 0.25) is 0 Å². The highest BCUT2D eigenvalue weighted by atomic mass is 19.4. The number of carboxylic acid groups (broad SMARTS) is 1. The van der Waals surface area contributed by atoms with E-state index in [0.717, 1.165) is 5.69 Å². The molecule has 0 radical (unpaired) electrons. The highest BCUT2D eigenvalue weighted by molar-refractivity contribution is 5.88. The lowest BCUT2D eigenvalue weighted by Crippen LogP contribution is -2.39. The van der Waals surface area contributed by atoms with Crippen molar-refractivity contribution in [2.75, 3.05) is 0 Å². The fourth-order valence-electron chi connectivity index (χ4n) is 5.23. The molecule has 1 aliphatic rings. The molecule has 2 aromatic carbocycles. The molecular weight excluding hydrogens is 533 g/mol. The molecule has 4 rings (SSSR count). The van der Waals surface area contributed by atoms with Crippen LogP contribution in [0.25, 0.3) is 10.9 Å². The van der Waals surface area contributed by atoms with Crippen molar-refractivity contribution in [2.45, 2.75) is 69.9 Å². The zero-order chi connectivity index (χ0) is 28.7. The molecule has 0 bridgehead atoms. The first-order chi connectivity index (χ1) is 18.2. The molecule has 1 amide bonds. The summed E-state index contributed by atoms with van der Waals surface area (Å²) >= 11 is 0. The van der Waals surface area contributed by atoms with Crippen LogP contribution in [0.1, 0.15) is 60.2 Å². The number of hydrogen-bond donors (Lipinski definition) is 2. The Morgan fingerprint density at radius 1 is 1.05 bits per heavy atom. The van der Waals surface area contributed by atoms with Gasteiger partial charge in [-0.15, -0.1) is 0 Å². The number of benzene rings is 2. The average Bonchev–Trinajstić information content (AvgIpc) is 3.14. The standard InChI is InChI=1S/C27H25F7N2O3/c1-2-21(25(38)39)36-22-6-4-17(28)12-19(22)20-13-18(5-7-23(20)36)35-24(37)8-3-14-9-15(26(29,30)31)11-16(10-14)27(32,33)34/h4,6,9-12,18,21H,2-3,5,7-8,13H2,1H3,(H,35,37)(H,38,39). The van der Waals surface area contributed by atoms with E-state index in [9.17, 15) is 45.4 Å². The Morgan fingerprint density at radius 2 is 1.69 bits per heavy atom. The number of amides is 1. The van der Waals surface area contributed by atoms with Crippen molar-refractivity contribution in [3.63, 3.8) is 0 Å². The van der Waals surface area contributed by atoms with Crippen molar-refractivity contribution < 1.29 is 45.4 Å². The Hall–Kier alpha value is -3.57. The molecule has 0 aliphatic heterocycles. The van der Waals surface area contributed by atoms with E-state index >= 15 is 0 Å². The molecule has 2 unspecified atom stereocenters. The van der Waals surface area contributed by atoms with Gasteiger partial charge in [-0.2, -0.15) is 26.3 Å². The number of nitrogens with one attached hydrogen (secondary N) is 1.